The summed E-state index contributed by atoms with van der Waals surface area (Å²) in [6, 6.07) is 0. The van der Waals surface area contributed by atoms with Crippen molar-refractivity contribution in [3.63, 3.8) is 0 Å². The summed E-state index contributed by atoms with van der Waals surface area (Å²) in [5.41, 5.74) is 15.5. The number of aromatic nitrogens is 3. The normalized spacial score (nSPS) is 10.1. The second kappa shape index (κ2) is 6.82. The SMILES string of the molecule is CCO[P+](=O)[O-].Nc1nc(N)[nH+]c(N)n1. The topological polar surface area (TPSA) is 167 Å². The van der Waals surface area contributed by atoms with E-state index >= 15 is 0 Å². The Kier molecular flexibility index (Phi) is 6.11. The Labute approximate surface area is 86.6 Å². The van der Waals surface area contributed by atoms with Gasteiger partial charge in [0.1, 0.15) is 0 Å². The van der Waals surface area contributed by atoms with Crippen LogP contribution in [-0.2, 0) is 9.09 Å². The van der Waals surface area contributed by atoms with Gasteiger partial charge in [-0.25, -0.2) is 4.98 Å². The van der Waals surface area contributed by atoms with E-state index in [9.17, 15) is 9.46 Å². The largest absolute Gasteiger partial charge is 0.566 e. The molecule has 1 aromatic heterocycles. The van der Waals surface area contributed by atoms with Gasteiger partial charge in [-0.3, -0.25) is 0 Å². The molecule has 15 heavy (non-hydrogen) atoms. The van der Waals surface area contributed by atoms with Crippen molar-refractivity contribution in [2.75, 3.05) is 23.8 Å². The van der Waals surface area contributed by atoms with Crippen molar-refractivity contribution in [2.45, 2.75) is 6.92 Å². The minimum absolute atomic E-state index is 0.0729. The van der Waals surface area contributed by atoms with E-state index in [0.29, 0.717) is 0 Å². The van der Waals surface area contributed by atoms with E-state index in [1.807, 2.05) is 0 Å². The van der Waals surface area contributed by atoms with Crippen LogP contribution in [0.2, 0.25) is 0 Å². The fourth-order valence-electron chi connectivity index (χ4n) is 0.564. The lowest BCUT2D eigenvalue weighted by Crippen LogP contribution is -2.20. The monoisotopic (exact) mass is 235 g/mol. The summed E-state index contributed by atoms with van der Waals surface area (Å²) >= 11 is 0. The van der Waals surface area contributed by atoms with Gasteiger partial charge in [0, 0.05) is 0 Å². The number of anilines is 3. The lowest BCUT2D eigenvalue weighted by Gasteiger charge is -1.87. The van der Waals surface area contributed by atoms with Crippen LogP contribution in [0.5, 0.6) is 0 Å². The van der Waals surface area contributed by atoms with E-state index in [1.54, 1.807) is 6.92 Å². The predicted octanol–water partition coefficient (Wildman–Crippen LogP) is -1.92. The Bertz CT molecular complexity index is 284. The van der Waals surface area contributed by atoms with Gasteiger partial charge >= 0.3 is 26.1 Å². The highest BCUT2D eigenvalue weighted by Gasteiger charge is 2.01. The van der Waals surface area contributed by atoms with Gasteiger partial charge in [0.2, 0.25) is 0 Å². The highest BCUT2D eigenvalue weighted by Crippen LogP contribution is 2.05. The standard InChI is InChI=1S/C3H6N6.C2H5O3P/c4-1-7-2(5)9-3(6)8-1;1-2-5-6(3)4/h(H6,4,5,6,7,8,9);2H2,1H3/p+1. The molecule has 0 spiro atoms. The number of rotatable bonds is 2. The van der Waals surface area contributed by atoms with E-state index in [2.05, 4.69) is 19.5 Å². The Hall–Kier alpha value is -1.57. The number of nitrogen functional groups attached to an aromatic ring is 3. The summed E-state index contributed by atoms with van der Waals surface area (Å²) < 4.78 is 13.4. The van der Waals surface area contributed by atoms with Gasteiger partial charge in [-0.2, -0.15) is 0 Å². The van der Waals surface area contributed by atoms with Gasteiger partial charge in [0.05, 0.1) is 6.61 Å². The zero-order valence-electron chi connectivity index (χ0n) is 8.01. The molecular formula is C5H12N6O3P+. The smallest absolute Gasteiger partial charge is 0.488 e. The fraction of sp³-hybridized carbons (Fsp3) is 0.400. The molecule has 0 saturated carbocycles. The van der Waals surface area contributed by atoms with Crippen LogP contribution in [0.15, 0.2) is 0 Å². The average molecular weight is 235 g/mol. The van der Waals surface area contributed by atoms with Crippen molar-refractivity contribution in [3.05, 3.63) is 0 Å². The van der Waals surface area contributed by atoms with Crippen molar-refractivity contribution in [3.8, 4) is 0 Å². The first-order valence-corrected chi connectivity index (χ1v) is 4.90. The van der Waals surface area contributed by atoms with Crippen LogP contribution in [0, 0.1) is 0 Å². The second-order valence-electron chi connectivity index (χ2n) is 2.12. The maximum atomic E-state index is 9.41. The number of H-pyrrole nitrogens is 1. The maximum absolute atomic E-state index is 9.41. The van der Waals surface area contributed by atoms with Crippen LogP contribution in [0.3, 0.4) is 0 Å². The lowest BCUT2D eigenvalue weighted by molar-refractivity contribution is -0.350. The highest BCUT2D eigenvalue weighted by molar-refractivity contribution is 7.30. The quantitative estimate of drug-likeness (QED) is 0.498. The molecule has 0 bridgehead atoms. The van der Waals surface area contributed by atoms with E-state index in [1.165, 1.54) is 0 Å². The van der Waals surface area contributed by atoms with Gasteiger partial charge in [0.15, 0.2) is 0 Å². The molecule has 1 atom stereocenters. The molecule has 0 amide bonds. The summed E-state index contributed by atoms with van der Waals surface area (Å²) in [5.74, 6) is 0.406. The Balaban J connectivity index is 0.000000288. The zero-order valence-corrected chi connectivity index (χ0v) is 8.90. The zero-order chi connectivity index (χ0) is 11.8. The molecule has 9 nitrogen and oxygen atoms in total. The van der Waals surface area contributed by atoms with Gasteiger partial charge in [-0.05, 0) is 11.5 Å². The molecule has 0 aliphatic carbocycles. The third-order valence-corrected chi connectivity index (χ3v) is 1.43. The van der Waals surface area contributed by atoms with Crippen molar-refractivity contribution >= 4 is 26.1 Å². The molecule has 1 unspecified atom stereocenters. The Morgan fingerprint density at radius 3 is 2.07 bits per heavy atom. The van der Waals surface area contributed by atoms with Gasteiger partial charge in [0.25, 0.3) is 0 Å². The molecule has 0 fully saturated rings. The molecular weight excluding hydrogens is 223 g/mol. The molecule has 84 valence electrons. The van der Waals surface area contributed by atoms with Crippen LogP contribution in [0.1, 0.15) is 6.92 Å². The number of nitrogens with zero attached hydrogens (tertiary/aromatic N) is 2. The minimum atomic E-state index is -2.60. The van der Waals surface area contributed by atoms with Crippen molar-refractivity contribution in [2.24, 2.45) is 0 Å². The molecule has 0 aromatic carbocycles. The first-order valence-electron chi connectivity index (χ1n) is 3.80. The van der Waals surface area contributed by atoms with Crippen molar-refractivity contribution in [1.29, 1.82) is 0 Å². The van der Waals surface area contributed by atoms with E-state index in [0.717, 1.165) is 0 Å². The minimum Gasteiger partial charge on any atom is -0.566 e. The van der Waals surface area contributed by atoms with Crippen molar-refractivity contribution < 1.29 is 19.0 Å². The summed E-state index contributed by atoms with van der Waals surface area (Å²) in [7, 11) is -2.60. The average Bonchev–Trinajstić information content (AvgIpc) is 2.00. The van der Waals surface area contributed by atoms with Crippen LogP contribution in [-0.4, -0.2) is 16.6 Å². The Morgan fingerprint density at radius 2 is 1.87 bits per heavy atom. The summed E-state index contributed by atoms with van der Waals surface area (Å²) in [6.45, 7) is 1.85. The second-order valence-corrected chi connectivity index (χ2v) is 2.82. The summed E-state index contributed by atoms with van der Waals surface area (Å²) in [4.78, 5) is 19.0. The third-order valence-electron chi connectivity index (χ3n) is 0.961. The summed E-state index contributed by atoms with van der Waals surface area (Å²) in [5, 5.41) is 0. The first-order chi connectivity index (χ1) is 6.95. The predicted molar refractivity (Wildman–Crippen MR) is 51.1 cm³/mol. The fourth-order valence-corrected chi connectivity index (χ4v) is 0.775. The number of aromatic amines is 1. The number of hydrogen-bond donors (Lipinski definition) is 3. The molecule has 0 aliphatic heterocycles. The van der Waals surface area contributed by atoms with Gasteiger partial charge < -0.3 is 22.1 Å². The van der Waals surface area contributed by atoms with Crippen LogP contribution in [0.25, 0.3) is 0 Å². The highest BCUT2D eigenvalue weighted by atomic mass is 31.1. The van der Waals surface area contributed by atoms with Crippen LogP contribution >= 0.6 is 8.25 Å². The maximum Gasteiger partial charge on any atom is 0.488 e. The van der Waals surface area contributed by atoms with E-state index < -0.39 is 8.25 Å². The molecule has 1 aromatic rings. The van der Waals surface area contributed by atoms with E-state index in [4.69, 9.17) is 17.2 Å². The van der Waals surface area contributed by atoms with Gasteiger partial charge in [-0.1, -0.05) is 9.97 Å². The molecule has 10 heteroatoms. The molecule has 0 radical (unpaired) electrons. The van der Waals surface area contributed by atoms with Crippen LogP contribution < -0.4 is 27.1 Å². The molecule has 0 saturated heterocycles. The number of hydrogen-bond acceptors (Lipinski definition) is 8. The summed E-state index contributed by atoms with van der Waals surface area (Å²) in [6.07, 6.45) is 0. The molecule has 0 aliphatic rings. The number of nitrogens with one attached hydrogen (secondary N) is 1. The van der Waals surface area contributed by atoms with Gasteiger partial charge in [-0.15, -0.1) is 4.52 Å². The third kappa shape index (κ3) is 7.50. The molecule has 1 heterocycles. The van der Waals surface area contributed by atoms with Crippen molar-refractivity contribution in [1.82, 2.24) is 9.97 Å². The van der Waals surface area contributed by atoms with Crippen LogP contribution in [0.4, 0.5) is 17.8 Å². The lowest BCUT2D eigenvalue weighted by atomic mass is 10.9. The number of nitrogens with two attached hydrogens (primary N) is 3. The Morgan fingerprint density at radius 1 is 1.40 bits per heavy atom. The first kappa shape index (κ1) is 13.4. The molecule has 7 N–H and O–H groups in total. The van der Waals surface area contributed by atoms with E-state index in [-0.39, 0.29) is 24.5 Å². The molecule has 1 rings (SSSR count).